The number of nitrogens with one attached hydrogen (secondary N) is 1. The molecule has 2 N–H and O–H groups in total. The average Bonchev–Trinajstić information content (AvgIpc) is 2.78. The molecule has 0 aliphatic heterocycles. The van der Waals surface area contributed by atoms with Crippen molar-refractivity contribution in [3.63, 3.8) is 0 Å². The second kappa shape index (κ2) is 12.5. The van der Waals surface area contributed by atoms with E-state index in [1.807, 2.05) is 63.1 Å². The predicted octanol–water partition coefficient (Wildman–Crippen LogP) is 6.19. The number of hydrogen-bond acceptors (Lipinski definition) is 5. The van der Waals surface area contributed by atoms with Crippen LogP contribution in [0.25, 0.3) is 0 Å². The molecule has 0 aromatic heterocycles. The molecule has 0 saturated carbocycles. The third kappa shape index (κ3) is 8.96. The maximum Gasteiger partial charge on any atom is 0.410 e. The fraction of sp³-hybridized carbons (Fsp3) is 0.548. The van der Waals surface area contributed by atoms with Gasteiger partial charge in [0, 0.05) is 43.0 Å². The first-order chi connectivity index (χ1) is 17.2. The number of hydrogen-bond donors (Lipinski definition) is 2. The van der Waals surface area contributed by atoms with Gasteiger partial charge >= 0.3 is 12.1 Å². The molecule has 1 aromatic rings. The zero-order chi connectivity index (χ0) is 29.6. The summed E-state index contributed by atoms with van der Waals surface area (Å²) >= 11 is 0. The molecule has 0 saturated heterocycles. The zero-order valence-corrected chi connectivity index (χ0v) is 25.3. The summed E-state index contributed by atoms with van der Waals surface area (Å²) in [6.07, 6.45) is 1.23. The van der Waals surface area contributed by atoms with Crippen molar-refractivity contribution < 1.29 is 19.4 Å². The molecule has 2 unspecified atom stereocenters. The highest BCUT2D eigenvalue weighted by Gasteiger charge is 2.41. The van der Waals surface area contributed by atoms with Gasteiger partial charge in [-0.1, -0.05) is 84.2 Å². The van der Waals surface area contributed by atoms with Crippen molar-refractivity contribution >= 4 is 12.1 Å². The summed E-state index contributed by atoms with van der Waals surface area (Å²) in [5.41, 5.74) is 1.33. The molecule has 0 fully saturated rings. The lowest BCUT2D eigenvalue weighted by molar-refractivity contribution is -0.132. The van der Waals surface area contributed by atoms with E-state index in [0.29, 0.717) is 12.2 Å². The van der Waals surface area contributed by atoms with E-state index < -0.39 is 29.1 Å². The number of rotatable bonds is 11. The van der Waals surface area contributed by atoms with Crippen LogP contribution in [0, 0.1) is 5.41 Å². The minimum atomic E-state index is -0.945. The van der Waals surface area contributed by atoms with E-state index in [2.05, 4.69) is 53.1 Å². The summed E-state index contributed by atoms with van der Waals surface area (Å²) in [5, 5.41) is 12.8. The van der Waals surface area contributed by atoms with Crippen LogP contribution in [0.1, 0.15) is 67.9 Å². The Bertz CT molecular complexity index is 1030. The van der Waals surface area contributed by atoms with Crippen molar-refractivity contribution in [2.24, 2.45) is 5.41 Å². The van der Waals surface area contributed by atoms with Gasteiger partial charge in [0.15, 0.2) is 0 Å². The van der Waals surface area contributed by atoms with Crippen LogP contribution in [-0.2, 0) is 14.9 Å². The quantitative estimate of drug-likeness (QED) is 0.334. The number of aliphatic carboxylic acids is 1. The molecular formula is C31H49N3O4. The third-order valence-corrected chi connectivity index (χ3v) is 6.63. The first kappa shape index (κ1) is 32.8. The Morgan fingerprint density at radius 2 is 1.55 bits per heavy atom. The molecule has 0 radical (unpaired) electrons. The number of nitrogens with zero attached hydrogens (tertiary/aromatic N) is 2. The summed E-state index contributed by atoms with van der Waals surface area (Å²) in [4.78, 5) is 28.0. The molecule has 0 bridgehead atoms. The minimum absolute atomic E-state index is 0.250. The third-order valence-electron chi connectivity index (χ3n) is 6.63. The molecule has 1 rings (SSSR count). The van der Waals surface area contributed by atoms with Crippen LogP contribution in [0.2, 0.25) is 0 Å². The van der Waals surface area contributed by atoms with Gasteiger partial charge < -0.3 is 25.0 Å². The highest BCUT2D eigenvalue weighted by Crippen LogP contribution is 2.35. The number of carbonyl (C=O) groups excluding carboxylic acids is 1. The van der Waals surface area contributed by atoms with Crippen molar-refractivity contribution in [3.8, 4) is 0 Å². The molecule has 7 heteroatoms. The normalized spacial score (nSPS) is 14.2. The SMILES string of the molecule is C=C(NC(C(=C)N(C)C/C=C(\C)C(=O)O)C(C)(C)C)C(N(C)C(=O)OC(C)(C)C)C(C)(C)c1ccccc1. The van der Waals surface area contributed by atoms with Gasteiger partial charge in [-0.3, -0.25) is 0 Å². The van der Waals surface area contributed by atoms with Crippen LogP contribution in [0.4, 0.5) is 4.79 Å². The monoisotopic (exact) mass is 527 g/mol. The van der Waals surface area contributed by atoms with E-state index in [-0.39, 0.29) is 17.0 Å². The summed E-state index contributed by atoms with van der Waals surface area (Å²) in [6, 6.07) is 9.33. The van der Waals surface area contributed by atoms with Gasteiger partial charge in [0.25, 0.3) is 0 Å². The van der Waals surface area contributed by atoms with Crippen LogP contribution in [0.5, 0.6) is 0 Å². The molecule has 212 valence electrons. The molecule has 0 aliphatic carbocycles. The number of benzene rings is 1. The van der Waals surface area contributed by atoms with E-state index in [0.717, 1.165) is 11.3 Å². The van der Waals surface area contributed by atoms with Crippen molar-refractivity contribution in [3.05, 3.63) is 72.1 Å². The van der Waals surface area contributed by atoms with Gasteiger partial charge in [-0.05, 0) is 38.7 Å². The van der Waals surface area contributed by atoms with Crippen LogP contribution in [0.3, 0.4) is 0 Å². The maximum atomic E-state index is 13.3. The molecule has 1 aromatic carbocycles. The van der Waals surface area contributed by atoms with Gasteiger partial charge in [-0.15, -0.1) is 0 Å². The van der Waals surface area contributed by atoms with E-state index in [4.69, 9.17) is 4.74 Å². The minimum Gasteiger partial charge on any atom is -0.478 e. The van der Waals surface area contributed by atoms with Crippen LogP contribution < -0.4 is 5.32 Å². The number of carbonyl (C=O) groups is 2. The first-order valence-electron chi connectivity index (χ1n) is 13.0. The molecule has 38 heavy (non-hydrogen) atoms. The molecule has 0 spiro atoms. The average molecular weight is 528 g/mol. The summed E-state index contributed by atoms with van der Waals surface area (Å²) < 4.78 is 5.73. The van der Waals surface area contributed by atoms with Gasteiger partial charge in [-0.2, -0.15) is 0 Å². The van der Waals surface area contributed by atoms with Gasteiger partial charge in [0.05, 0.1) is 12.1 Å². The highest BCUT2D eigenvalue weighted by molar-refractivity contribution is 5.85. The van der Waals surface area contributed by atoms with Crippen molar-refractivity contribution in [2.75, 3.05) is 20.6 Å². The molecule has 1 amide bonds. The summed E-state index contributed by atoms with van der Waals surface area (Å²) in [6.45, 7) is 26.8. The predicted molar refractivity (Wildman–Crippen MR) is 156 cm³/mol. The van der Waals surface area contributed by atoms with Crippen molar-refractivity contribution in [1.29, 1.82) is 0 Å². The molecule has 0 heterocycles. The van der Waals surface area contributed by atoms with Crippen LogP contribution in [-0.4, -0.2) is 65.3 Å². The number of carboxylic acids is 1. The Morgan fingerprint density at radius 1 is 1.03 bits per heavy atom. The Hall–Kier alpha value is -3.22. The van der Waals surface area contributed by atoms with E-state index in [9.17, 15) is 14.7 Å². The molecule has 7 nitrogen and oxygen atoms in total. The smallest absolute Gasteiger partial charge is 0.410 e. The number of carboxylic acid groups (broad SMARTS) is 1. The second-order valence-corrected chi connectivity index (χ2v) is 12.6. The molecular weight excluding hydrogens is 478 g/mol. The second-order valence-electron chi connectivity index (χ2n) is 12.6. The number of ether oxygens (including phenoxy) is 1. The lowest BCUT2D eigenvalue weighted by Crippen LogP contribution is -2.56. The largest absolute Gasteiger partial charge is 0.478 e. The van der Waals surface area contributed by atoms with Crippen LogP contribution in [0.15, 0.2) is 66.5 Å². The summed E-state index contributed by atoms with van der Waals surface area (Å²) in [7, 11) is 3.62. The first-order valence-corrected chi connectivity index (χ1v) is 13.0. The zero-order valence-electron chi connectivity index (χ0n) is 25.3. The van der Waals surface area contributed by atoms with Gasteiger partial charge in [0.2, 0.25) is 0 Å². The standard InChI is InChI=1S/C31H49N3O4/c1-21(27(35)36)19-20-33(12)23(3)25(29(4,5)6)32-22(2)26(34(13)28(37)38-30(7,8)9)31(10,11)24-17-15-14-16-18-24/h14-19,25-26,32H,2-3,20H2,1,4-13H3,(H,35,36)/b21-19+. The summed E-state index contributed by atoms with van der Waals surface area (Å²) in [5.74, 6) is -0.945. The number of likely N-dealkylation sites (N-methyl/N-ethyl adjacent to an activating group) is 2. The fourth-order valence-corrected chi connectivity index (χ4v) is 4.38. The van der Waals surface area contributed by atoms with E-state index in [1.54, 1.807) is 24.9 Å². The van der Waals surface area contributed by atoms with E-state index >= 15 is 0 Å². The van der Waals surface area contributed by atoms with Crippen LogP contribution >= 0.6 is 0 Å². The topological polar surface area (TPSA) is 82.1 Å². The Morgan fingerprint density at radius 3 is 2.00 bits per heavy atom. The van der Waals surface area contributed by atoms with Crippen molar-refractivity contribution in [1.82, 2.24) is 15.1 Å². The Kier molecular flexibility index (Phi) is 10.8. The Labute approximate surface area is 230 Å². The highest BCUT2D eigenvalue weighted by atomic mass is 16.6. The lowest BCUT2D eigenvalue weighted by atomic mass is 9.75. The van der Waals surface area contributed by atoms with Gasteiger partial charge in [0.1, 0.15) is 5.60 Å². The van der Waals surface area contributed by atoms with Crippen molar-refractivity contribution in [2.45, 2.75) is 85.4 Å². The number of amides is 1. The fourth-order valence-electron chi connectivity index (χ4n) is 4.38. The lowest BCUT2D eigenvalue weighted by Gasteiger charge is -2.45. The molecule has 2 atom stereocenters. The Balaban J connectivity index is 3.45. The van der Waals surface area contributed by atoms with E-state index in [1.165, 1.54) is 0 Å². The van der Waals surface area contributed by atoms with Gasteiger partial charge in [-0.25, -0.2) is 9.59 Å². The maximum absolute atomic E-state index is 13.3. The molecule has 0 aliphatic rings.